The molecule has 0 aliphatic rings. The smallest absolute Gasteiger partial charge is 0.326 e. The van der Waals surface area contributed by atoms with E-state index in [4.69, 9.17) is 0 Å². The Balaban J connectivity index is 4.06. The number of carbonyl (C=O) groups is 2. The van der Waals surface area contributed by atoms with Crippen LogP contribution in [0.1, 0.15) is 67.2 Å². The number of amides is 1. The van der Waals surface area contributed by atoms with Crippen LogP contribution in [0, 0.1) is 11.3 Å². The first-order valence-electron chi connectivity index (χ1n) is 8.28. The van der Waals surface area contributed by atoms with Gasteiger partial charge >= 0.3 is 5.97 Å². The maximum atomic E-state index is 11.8. The quantitative estimate of drug-likeness (QED) is 0.542. The number of hydrogen-bond donors (Lipinski definition) is 3. The number of carboxylic acids is 1. The maximum Gasteiger partial charge on any atom is 0.326 e. The van der Waals surface area contributed by atoms with E-state index in [1.165, 1.54) is 0 Å². The molecule has 5 nitrogen and oxygen atoms in total. The summed E-state index contributed by atoms with van der Waals surface area (Å²) in [5.74, 6) is -0.555. The Morgan fingerprint density at radius 2 is 1.68 bits per heavy atom. The van der Waals surface area contributed by atoms with Gasteiger partial charge in [-0.3, -0.25) is 4.79 Å². The number of rotatable bonds is 10. The van der Waals surface area contributed by atoms with E-state index < -0.39 is 12.0 Å². The van der Waals surface area contributed by atoms with Crippen LogP contribution in [0.15, 0.2) is 0 Å². The van der Waals surface area contributed by atoms with Crippen LogP contribution >= 0.6 is 0 Å². The highest BCUT2D eigenvalue weighted by molar-refractivity contribution is 5.83. The minimum absolute atomic E-state index is 0.135. The molecule has 130 valence electrons. The highest BCUT2D eigenvalue weighted by Crippen LogP contribution is 2.18. The topological polar surface area (TPSA) is 78.4 Å². The van der Waals surface area contributed by atoms with E-state index >= 15 is 0 Å². The molecule has 2 atom stereocenters. The van der Waals surface area contributed by atoms with E-state index in [0.717, 1.165) is 19.4 Å². The Morgan fingerprint density at radius 1 is 1.09 bits per heavy atom. The molecule has 3 N–H and O–H groups in total. The number of nitrogens with one attached hydrogen (secondary N) is 2. The first kappa shape index (κ1) is 20.9. The van der Waals surface area contributed by atoms with Gasteiger partial charge < -0.3 is 15.7 Å². The molecule has 0 radical (unpaired) electrons. The fraction of sp³-hybridized carbons (Fsp3) is 0.882. The van der Waals surface area contributed by atoms with Gasteiger partial charge in [0, 0.05) is 12.5 Å². The lowest BCUT2D eigenvalue weighted by Crippen LogP contribution is -2.42. The molecule has 0 fully saturated rings. The number of carboxylic acid groups (broad SMARTS) is 1. The average molecular weight is 314 g/mol. The van der Waals surface area contributed by atoms with Crippen molar-refractivity contribution in [3.05, 3.63) is 0 Å². The lowest BCUT2D eigenvalue weighted by atomic mass is 9.92. The van der Waals surface area contributed by atoms with E-state index in [1.54, 1.807) is 0 Å². The second kappa shape index (κ2) is 9.82. The van der Waals surface area contributed by atoms with Crippen LogP contribution in [0.2, 0.25) is 0 Å². The Bertz CT molecular complexity index is 348. The second-order valence-corrected chi connectivity index (χ2v) is 7.68. The van der Waals surface area contributed by atoms with Crippen molar-refractivity contribution in [3.63, 3.8) is 0 Å². The molecule has 0 heterocycles. The highest BCUT2D eigenvalue weighted by atomic mass is 16.4. The number of hydrogen-bond acceptors (Lipinski definition) is 3. The van der Waals surface area contributed by atoms with Crippen LogP contribution < -0.4 is 10.6 Å². The summed E-state index contributed by atoms with van der Waals surface area (Å²) in [5, 5.41) is 15.3. The molecule has 0 aromatic heterocycles. The first-order valence-corrected chi connectivity index (χ1v) is 8.28. The maximum absolute atomic E-state index is 11.8. The number of carbonyl (C=O) groups excluding carboxylic acids is 1. The molecular weight excluding hydrogens is 280 g/mol. The lowest BCUT2D eigenvalue weighted by molar-refractivity contribution is -0.142. The molecule has 0 aromatic rings. The third kappa shape index (κ3) is 10.6. The van der Waals surface area contributed by atoms with Crippen molar-refractivity contribution in [1.82, 2.24) is 10.6 Å². The van der Waals surface area contributed by atoms with Crippen LogP contribution in [0.3, 0.4) is 0 Å². The van der Waals surface area contributed by atoms with Crippen LogP contribution in [-0.2, 0) is 9.59 Å². The van der Waals surface area contributed by atoms with Crippen molar-refractivity contribution < 1.29 is 14.7 Å². The van der Waals surface area contributed by atoms with Gasteiger partial charge in [-0.1, -0.05) is 34.6 Å². The van der Waals surface area contributed by atoms with Gasteiger partial charge in [-0.2, -0.15) is 0 Å². The molecule has 0 bridgehead atoms. The molecule has 0 unspecified atom stereocenters. The van der Waals surface area contributed by atoms with Crippen LogP contribution in [0.4, 0.5) is 0 Å². The van der Waals surface area contributed by atoms with Crippen molar-refractivity contribution in [2.45, 2.75) is 79.3 Å². The van der Waals surface area contributed by atoms with Crippen LogP contribution in [-0.4, -0.2) is 35.6 Å². The van der Waals surface area contributed by atoms with Crippen molar-refractivity contribution >= 4 is 11.9 Å². The number of unbranched alkanes of at least 4 members (excludes halogenated alkanes) is 1. The standard InChI is InChI=1S/C17H34N2O3/c1-12(2)13(3)18-10-8-7-9-14(16(21)22)19-15(20)11-17(4,5)6/h12-14,18H,7-11H2,1-6H3,(H,19,20)(H,21,22)/t13-,14-/m0/s1. The van der Waals surface area contributed by atoms with Gasteiger partial charge in [-0.15, -0.1) is 0 Å². The zero-order valence-electron chi connectivity index (χ0n) is 15.0. The van der Waals surface area contributed by atoms with E-state index in [2.05, 4.69) is 31.4 Å². The first-order chi connectivity index (χ1) is 10.0. The van der Waals surface area contributed by atoms with E-state index in [9.17, 15) is 14.7 Å². The Morgan fingerprint density at radius 3 is 2.14 bits per heavy atom. The second-order valence-electron chi connectivity index (χ2n) is 7.68. The van der Waals surface area contributed by atoms with Gasteiger partial charge in [0.05, 0.1) is 0 Å². The van der Waals surface area contributed by atoms with Crippen molar-refractivity contribution in [1.29, 1.82) is 0 Å². The van der Waals surface area contributed by atoms with Gasteiger partial charge in [0.15, 0.2) is 0 Å². The molecule has 22 heavy (non-hydrogen) atoms. The molecule has 0 saturated heterocycles. The highest BCUT2D eigenvalue weighted by Gasteiger charge is 2.22. The lowest BCUT2D eigenvalue weighted by Gasteiger charge is -2.20. The molecular formula is C17H34N2O3. The summed E-state index contributed by atoms with van der Waals surface area (Å²) >= 11 is 0. The predicted octanol–water partition coefficient (Wildman–Crippen LogP) is 2.80. The molecule has 0 aromatic carbocycles. The minimum Gasteiger partial charge on any atom is -0.480 e. The summed E-state index contributed by atoms with van der Waals surface area (Å²) in [4.78, 5) is 23.1. The zero-order chi connectivity index (χ0) is 17.3. The summed E-state index contributed by atoms with van der Waals surface area (Å²) in [6.07, 6.45) is 2.51. The van der Waals surface area contributed by atoms with E-state index in [-0.39, 0.29) is 11.3 Å². The molecule has 0 aliphatic carbocycles. The van der Waals surface area contributed by atoms with Gasteiger partial charge in [0.25, 0.3) is 0 Å². The largest absolute Gasteiger partial charge is 0.480 e. The predicted molar refractivity (Wildman–Crippen MR) is 89.8 cm³/mol. The molecule has 0 saturated carbocycles. The summed E-state index contributed by atoms with van der Waals surface area (Å²) in [5.41, 5.74) is -0.135. The Hall–Kier alpha value is -1.10. The van der Waals surface area contributed by atoms with Crippen molar-refractivity contribution in [2.24, 2.45) is 11.3 Å². The summed E-state index contributed by atoms with van der Waals surface area (Å²) in [6.45, 7) is 13.3. The van der Waals surface area contributed by atoms with E-state index in [1.807, 2.05) is 20.8 Å². The zero-order valence-corrected chi connectivity index (χ0v) is 15.0. The summed E-state index contributed by atoms with van der Waals surface area (Å²) in [6, 6.07) is -0.320. The fourth-order valence-electron chi connectivity index (χ4n) is 2.02. The average Bonchev–Trinajstić information content (AvgIpc) is 2.33. The Kier molecular flexibility index (Phi) is 9.33. The molecule has 0 rings (SSSR count). The van der Waals surface area contributed by atoms with Gasteiger partial charge in [0.2, 0.25) is 5.91 Å². The SMILES string of the molecule is CC(C)[C@H](C)NCCCC[C@H](NC(=O)CC(C)(C)C)C(=O)O. The number of aliphatic carboxylic acids is 1. The van der Waals surface area contributed by atoms with Crippen molar-refractivity contribution in [3.8, 4) is 0 Å². The summed E-state index contributed by atoms with van der Waals surface area (Å²) in [7, 11) is 0. The van der Waals surface area contributed by atoms with Gasteiger partial charge in [0.1, 0.15) is 6.04 Å². The third-order valence-electron chi connectivity index (χ3n) is 3.71. The summed E-state index contributed by atoms with van der Waals surface area (Å²) < 4.78 is 0. The van der Waals surface area contributed by atoms with E-state index in [0.29, 0.717) is 24.8 Å². The van der Waals surface area contributed by atoms with Crippen LogP contribution in [0.25, 0.3) is 0 Å². The minimum atomic E-state index is -0.953. The molecule has 1 amide bonds. The monoisotopic (exact) mass is 314 g/mol. The fourth-order valence-corrected chi connectivity index (χ4v) is 2.02. The van der Waals surface area contributed by atoms with Gasteiger partial charge in [-0.25, -0.2) is 4.79 Å². The molecule has 0 aliphatic heterocycles. The Labute approximate surface area is 135 Å². The third-order valence-corrected chi connectivity index (χ3v) is 3.71. The molecule has 5 heteroatoms. The normalized spacial score (nSPS) is 14.7. The van der Waals surface area contributed by atoms with Crippen LogP contribution in [0.5, 0.6) is 0 Å². The molecule has 0 spiro atoms. The van der Waals surface area contributed by atoms with Gasteiger partial charge in [-0.05, 0) is 44.1 Å². The van der Waals surface area contributed by atoms with Crippen molar-refractivity contribution in [2.75, 3.05) is 6.54 Å².